The maximum absolute atomic E-state index is 5.65. The molecular formula is C14H18N2OS. The molecule has 1 heterocycles. The van der Waals surface area contributed by atoms with Crippen molar-refractivity contribution in [2.75, 3.05) is 13.7 Å². The Morgan fingerprint density at radius 1 is 1.33 bits per heavy atom. The summed E-state index contributed by atoms with van der Waals surface area (Å²) in [6, 6.07) is 8.11. The third-order valence-corrected chi connectivity index (χ3v) is 3.81. The standard InChI is InChI=1S/C14H18N2OS/c1-10(8-15)13-9-18-14(16-13)7-11-3-5-12(17-2)6-4-11/h3-6,9-10H,7-8,15H2,1-2H3. The van der Waals surface area contributed by atoms with E-state index in [-0.39, 0.29) is 0 Å². The molecule has 1 aromatic carbocycles. The molecular weight excluding hydrogens is 244 g/mol. The van der Waals surface area contributed by atoms with E-state index in [0.29, 0.717) is 12.5 Å². The molecule has 4 heteroatoms. The SMILES string of the molecule is COc1ccc(Cc2nc(C(C)CN)cs2)cc1. The van der Waals surface area contributed by atoms with Crippen LogP contribution in [0.4, 0.5) is 0 Å². The van der Waals surface area contributed by atoms with E-state index in [0.717, 1.165) is 22.9 Å². The van der Waals surface area contributed by atoms with Gasteiger partial charge < -0.3 is 10.5 Å². The van der Waals surface area contributed by atoms with E-state index in [1.54, 1.807) is 18.4 Å². The molecule has 1 unspecified atom stereocenters. The zero-order valence-electron chi connectivity index (χ0n) is 10.7. The van der Waals surface area contributed by atoms with Crippen molar-refractivity contribution in [2.45, 2.75) is 19.3 Å². The van der Waals surface area contributed by atoms with Crippen LogP contribution in [0, 0.1) is 0 Å². The van der Waals surface area contributed by atoms with Gasteiger partial charge in [0, 0.05) is 24.3 Å². The van der Waals surface area contributed by atoms with Gasteiger partial charge in [0.1, 0.15) is 5.75 Å². The molecule has 3 nitrogen and oxygen atoms in total. The zero-order chi connectivity index (χ0) is 13.0. The Bertz CT molecular complexity index is 493. The largest absolute Gasteiger partial charge is 0.497 e. The highest BCUT2D eigenvalue weighted by molar-refractivity contribution is 7.09. The minimum Gasteiger partial charge on any atom is -0.497 e. The molecule has 0 fully saturated rings. The summed E-state index contributed by atoms with van der Waals surface area (Å²) in [6.45, 7) is 2.75. The van der Waals surface area contributed by atoms with E-state index in [9.17, 15) is 0 Å². The predicted molar refractivity (Wildman–Crippen MR) is 75.4 cm³/mol. The summed E-state index contributed by atoms with van der Waals surface area (Å²) >= 11 is 1.70. The fourth-order valence-electron chi connectivity index (χ4n) is 1.67. The molecule has 0 radical (unpaired) electrons. The van der Waals surface area contributed by atoms with Crippen LogP contribution in [0.3, 0.4) is 0 Å². The van der Waals surface area contributed by atoms with E-state index < -0.39 is 0 Å². The number of hydrogen-bond acceptors (Lipinski definition) is 4. The molecule has 1 aromatic heterocycles. The van der Waals surface area contributed by atoms with E-state index in [2.05, 4.69) is 29.4 Å². The summed E-state index contributed by atoms with van der Waals surface area (Å²) in [4.78, 5) is 4.63. The molecule has 0 spiro atoms. The fraction of sp³-hybridized carbons (Fsp3) is 0.357. The number of ether oxygens (including phenoxy) is 1. The number of hydrogen-bond donors (Lipinski definition) is 1. The molecule has 0 saturated heterocycles. The molecule has 2 aromatic rings. The number of rotatable bonds is 5. The van der Waals surface area contributed by atoms with Crippen molar-refractivity contribution < 1.29 is 4.74 Å². The van der Waals surface area contributed by atoms with Crippen molar-refractivity contribution in [1.82, 2.24) is 4.98 Å². The Hall–Kier alpha value is -1.39. The van der Waals surface area contributed by atoms with Gasteiger partial charge in [0.05, 0.1) is 17.8 Å². The molecule has 0 saturated carbocycles. The van der Waals surface area contributed by atoms with Crippen LogP contribution in [-0.4, -0.2) is 18.6 Å². The smallest absolute Gasteiger partial charge is 0.118 e. The summed E-state index contributed by atoms with van der Waals surface area (Å²) in [5.74, 6) is 1.22. The van der Waals surface area contributed by atoms with Gasteiger partial charge in [-0.3, -0.25) is 0 Å². The number of methoxy groups -OCH3 is 1. The van der Waals surface area contributed by atoms with E-state index >= 15 is 0 Å². The molecule has 2 rings (SSSR count). The average molecular weight is 262 g/mol. The summed E-state index contributed by atoms with van der Waals surface area (Å²) in [5.41, 5.74) is 8.00. The lowest BCUT2D eigenvalue weighted by molar-refractivity contribution is 0.414. The van der Waals surface area contributed by atoms with Gasteiger partial charge in [-0.25, -0.2) is 4.98 Å². The van der Waals surface area contributed by atoms with Crippen LogP contribution in [0.2, 0.25) is 0 Å². The molecule has 18 heavy (non-hydrogen) atoms. The second-order valence-corrected chi connectivity index (χ2v) is 5.27. The van der Waals surface area contributed by atoms with E-state index in [1.165, 1.54) is 5.56 Å². The summed E-state index contributed by atoms with van der Waals surface area (Å²) in [7, 11) is 1.68. The Labute approximate surface area is 112 Å². The van der Waals surface area contributed by atoms with Gasteiger partial charge in [-0.1, -0.05) is 19.1 Å². The summed E-state index contributed by atoms with van der Waals surface area (Å²) in [6.07, 6.45) is 0.867. The Morgan fingerprint density at radius 3 is 2.67 bits per heavy atom. The van der Waals surface area contributed by atoms with Crippen LogP contribution >= 0.6 is 11.3 Å². The van der Waals surface area contributed by atoms with Crippen molar-refractivity contribution in [3.63, 3.8) is 0 Å². The van der Waals surface area contributed by atoms with Crippen LogP contribution in [0.5, 0.6) is 5.75 Å². The molecule has 0 aliphatic heterocycles. The lowest BCUT2D eigenvalue weighted by atomic mass is 10.1. The molecule has 0 amide bonds. The second-order valence-electron chi connectivity index (χ2n) is 4.33. The van der Waals surface area contributed by atoms with E-state index in [4.69, 9.17) is 10.5 Å². The molecule has 0 aliphatic carbocycles. The predicted octanol–water partition coefficient (Wildman–Crippen LogP) is 2.80. The highest BCUT2D eigenvalue weighted by atomic mass is 32.1. The van der Waals surface area contributed by atoms with Gasteiger partial charge in [-0.2, -0.15) is 0 Å². The van der Waals surface area contributed by atoms with Crippen LogP contribution < -0.4 is 10.5 Å². The topological polar surface area (TPSA) is 48.1 Å². The van der Waals surface area contributed by atoms with E-state index in [1.807, 2.05) is 12.1 Å². The number of nitrogens with two attached hydrogens (primary N) is 1. The highest BCUT2D eigenvalue weighted by Crippen LogP contribution is 2.21. The molecule has 0 bridgehead atoms. The van der Waals surface area contributed by atoms with Crippen LogP contribution in [0.15, 0.2) is 29.6 Å². The Balaban J connectivity index is 2.06. The first-order valence-electron chi connectivity index (χ1n) is 6.00. The zero-order valence-corrected chi connectivity index (χ0v) is 11.5. The summed E-state index contributed by atoms with van der Waals surface area (Å²) < 4.78 is 5.14. The van der Waals surface area contributed by atoms with Crippen LogP contribution in [-0.2, 0) is 6.42 Å². The van der Waals surface area contributed by atoms with Gasteiger partial charge in [-0.15, -0.1) is 11.3 Å². The lowest BCUT2D eigenvalue weighted by Gasteiger charge is -2.03. The van der Waals surface area contributed by atoms with Gasteiger partial charge in [-0.05, 0) is 17.7 Å². The van der Waals surface area contributed by atoms with Crippen molar-refractivity contribution >= 4 is 11.3 Å². The van der Waals surface area contributed by atoms with Crippen molar-refractivity contribution in [3.8, 4) is 5.75 Å². The molecule has 0 aliphatic rings. The first-order chi connectivity index (χ1) is 8.72. The highest BCUT2D eigenvalue weighted by Gasteiger charge is 2.08. The van der Waals surface area contributed by atoms with Gasteiger partial charge >= 0.3 is 0 Å². The van der Waals surface area contributed by atoms with Crippen LogP contribution in [0.1, 0.15) is 29.1 Å². The monoisotopic (exact) mass is 262 g/mol. The number of benzene rings is 1. The number of nitrogens with zero attached hydrogens (tertiary/aromatic N) is 1. The van der Waals surface area contributed by atoms with Crippen LogP contribution in [0.25, 0.3) is 0 Å². The second kappa shape index (κ2) is 5.98. The summed E-state index contributed by atoms with van der Waals surface area (Å²) in [5, 5.41) is 3.24. The van der Waals surface area contributed by atoms with Crippen molar-refractivity contribution in [2.24, 2.45) is 5.73 Å². The molecule has 96 valence electrons. The first kappa shape index (κ1) is 13.1. The van der Waals surface area contributed by atoms with Crippen molar-refractivity contribution in [3.05, 3.63) is 45.9 Å². The third-order valence-electron chi connectivity index (χ3n) is 2.94. The minimum atomic E-state index is 0.339. The Morgan fingerprint density at radius 2 is 2.06 bits per heavy atom. The van der Waals surface area contributed by atoms with Gasteiger partial charge in [0.2, 0.25) is 0 Å². The Kier molecular flexibility index (Phi) is 4.33. The maximum Gasteiger partial charge on any atom is 0.118 e. The minimum absolute atomic E-state index is 0.339. The first-order valence-corrected chi connectivity index (χ1v) is 6.88. The quantitative estimate of drug-likeness (QED) is 0.901. The molecule has 2 N–H and O–H groups in total. The number of thiazole rings is 1. The molecule has 1 atom stereocenters. The van der Waals surface area contributed by atoms with Crippen molar-refractivity contribution in [1.29, 1.82) is 0 Å². The fourth-order valence-corrected chi connectivity index (χ4v) is 2.62. The third kappa shape index (κ3) is 3.09. The van der Waals surface area contributed by atoms with Gasteiger partial charge in [0.15, 0.2) is 0 Å². The maximum atomic E-state index is 5.65. The average Bonchev–Trinajstić information content (AvgIpc) is 2.87. The lowest BCUT2D eigenvalue weighted by Crippen LogP contribution is -2.09. The normalized spacial score (nSPS) is 12.4. The number of aromatic nitrogens is 1. The van der Waals surface area contributed by atoms with Gasteiger partial charge in [0.25, 0.3) is 0 Å².